The van der Waals surface area contributed by atoms with Gasteiger partial charge in [-0.1, -0.05) is 18.2 Å². The molecule has 0 spiro atoms. The van der Waals surface area contributed by atoms with Crippen molar-refractivity contribution in [2.24, 2.45) is 11.5 Å². The quantitative estimate of drug-likeness (QED) is 0.101. The maximum Gasteiger partial charge on any atom is 0.312 e. The number of carboxylic acid groups (broad SMARTS) is 1. The number of hydrogen-bond donors (Lipinski definition) is 8. The predicted octanol–water partition coefficient (Wildman–Crippen LogP) is -0.686. The summed E-state index contributed by atoms with van der Waals surface area (Å²) in [5, 5.41) is 19.8. The monoisotopic (exact) mass is 660 g/mol. The van der Waals surface area contributed by atoms with Gasteiger partial charge in [-0.2, -0.15) is 0 Å². The van der Waals surface area contributed by atoms with Crippen LogP contribution in [0.1, 0.15) is 50.5 Å². The van der Waals surface area contributed by atoms with Gasteiger partial charge >= 0.3 is 12.0 Å². The van der Waals surface area contributed by atoms with Crippen LogP contribution in [0.5, 0.6) is 0 Å². The van der Waals surface area contributed by atoms with Gasteiger partial charge < -0.3 is 47.7 Å². The number of piperidine rings is 1. The fourth-order valence-corrected chi connectivity index (χ4v) is 5.50. The average molecular weight is 661 g/mol. The van der Waals surface area contributed by atoms with E-state index < -0.39 is 78.8 Å². The summed E-state index contributed by atoms with van der Waals surface area (Å²) in [6, 6.07) is 1.72. The van der Waals surface area contributed by atoms with Gasteiger partial charge in [-0.3, -0.25) is 28.8 Å². The number of aromatic nitrogens is 1. The number of likely N-dealkylation sites (tertiary alicyclic amines) is 1. The summed E-state index contributed by atoms with van der Waals surface area (Å²) in [5.74, 6) is -5.32. The van der Waals surface area contributed by atoms with Crippen LogP contribution in [0.3, 0.4) is 0 Å². The van der Waals surface area contributed by atoms with Crippen molar-refractivity contribution in [2.45, 2.75) is 75.5 Å². The second-order valence-corrected chi connectivity index (χ2v) is 11.3. The second kappa shape index (κ2) is 17.5. The van der Waals surface area contributed by atoms with Gasteiger partial charge in [0.25, 0.3) is 5.91 Å². The number of carbonyl (C=O) groups is 7. The summed E-state index contributed by atoms with van der Waals surface area (Å²) < 4.78 is 13.0. The van der Waals surface area contributed by atoms with Crippen LogP contribution in [0.15, 0.2) is 30.5 Å². The number of H-pyrrole nitrogens is 1. The molecule has 7 amide bonds. The third kappa shape index (κ3) is 10.7. The highest BCUT2D eigenvalue weighted by Gasteiger charge is 2.38. The maximum atomic E-state index is 13.8. The topological polar surface area (TPSA) is 259 Å². The lowest BCUT2D eigenvalue weighted by Gasteiger charge is -2.37. The summed E-state index contributed by atoms with van der Waals surface area (Å²) >= 11 is 0. The Morgan fingerprint density at radius 2 is 1.72 bits per heavy atom. The second-order valence-electron chi connectivity index (χ2n) is 11.3. The molecule has 10 N–H and O–H groups in total. The summed E-state index contributed by atoms with van der Waals surface area (Å²) in [4.78, 5) is 91.4. The lowest BCUT2D eigenvalue weighted by molar-refractivity contribution is -0.146. The molecule has 4 unspecified atom stereocenters. The van der Waals surface area contributed by atoms with E-state index in [1.54, 1.807) is 6.20 Å². The number of carboxylic acids is 1. The molecular formula is C30H41FN8O8. The molecule has 1 fully saturated rings. The van der Waals surface area contributed by atoms with Crippen LogP contribution in [0.25, 0.3) is 10.9 Å². The average Bonchev–Trinajstić information content (AvgIpc) is 3.45. The predicted molar refractivity (Wildman–Crippen MR) is 166 cm³/mol. The van der Waals surface area contributed by atoms with Gasteiger partial charge in [0.15, 0.2) is 6.67 Å². The van der Waals surface area contributed by atoms with E-state index in [9.17, 15) is 38.0 Å². The molecule has 0 bridgehead atoms. The Hall–Kier alpha value is -5.22. The van der Waals surface area contributed by atoms with E-state index in [-0.39, 0.29) is 45.2 Å². The number of alkyl halides is 1. The molecule has 47 heavy (non-hydrogen) atoms. The first-order valence-corrected chi connectivity index (χ1v) is 15.3. The fourth-order valence-electron chi connectivity index (χ4n) is 5.50. The number of nitrogens with zero attached hydrogens (tertiary/aromatic N) is 1. The Bertz CT molecular complexity index is 1470. The zero-order valence-corrected chi connectivity index (χ0v) is 25.8. The minimum atomic E-state index is -1.42. The van der Waals surface area contributed by atoms with Crippen LogP contribution in [0.2, 0.25) is 0 Å². The van der Waals surface area contributed by atoms with Gasteiger partial charge in [0.2, 0.25) is 23.6 Å². The fraction of sp³-hybridized carbons (Fsp3) is 0.500. The van der Waals surface area contributed by atoms with Gasteiger partial charge in [0.05, 0.1) is 0 Å². The largest absolute Gasteiger partial charge is 0.481 e. The zero-order valence-electron chi connectivity index (χ0n) is 25.8. The smallest absolute Gasteiger partial charge is 0.312 e. The number of para-hydroxylation sites is 1. The van der Waals surface area contributed by atoms with Crippen LogP contribution < -0.4 is 32.7 Å². The molecule has 3 rings (SSSR count). The van der Waals surface area contributed by atoms with E-state index >= 15 is 0 Å². The molecule has 2 heterocycles. The number of aromatic amines is 1. The van der Waals surface area contributed by atoms with Crippen molar-refractivity contribution in [3.63, 3.8) is 0 Å². The summed E-state index contributed by atoms with van der Waals surface area (Å²) in [7, 11) is 0. The van der Waals surface area contributed by atoms with Crippen molar-refractivity contribution >= 4 is 52.4 Å². The lowest BCUT2D eigenvalue weighted by Crippen LogP contribution is -2.60. The number of hydrogen-bond acceptors (Lipinski definition) is 7. The summed E-state index contributed by atoms with van der Waals surface area (Å²) in [5.41, 5.74) is 12.1. The lowest BCUT2D eigenvalue weighted by atomic mass is 9.97. The van der Waals surface area contributed by atoms with Crippen molar-refractivity contribution in [2.75, 3.05) is 19.8 Å². The SMILES string of the molecule is NC(=O)NCCCC(NC(=O)C(Cc1c[nH]c2ccccc12)NC(=O)C1CCCCN1C(=O)C(CCC(=O)O)NC(=O)CF)C(N)=O. The highest BCUT2D eigenvalue weighted by Crippen LogP contribution is 2.22. The molecule has 1 aromatic carbocycles. The number of urea groups is 1. The molecule has 1 saturated heterocycles. The van der Waals surface area contributed by atoms with E-state index in [2.05, 4.69) is 26.3 Å². The first-order chi connectivity index (χ1) is 22.4. The first-order valence-electron chi connectivity index (χ1n) is 15.3. The van der Waals surface area contributed by atoms with Gasteiger partial charge in [0.1, 0.15) is 24.2 Å². The summed E-state index contributed by atoms with van der Waals surface area (Å²) in [6.45, 7) is -1.18. The van der Waals surface area contributed by atoms with E-state index in [1.807, 2.05) is 24.3 Å². The Morgan fingerprint density at radius 3 is 2.40 bits per heavy atom. The molecular weight excluding hydrogens is 619 g/mol. The van der Waals surface area contributed by atoms with Gasteiger partial charge in [-0.25, -0.2) is 9.18 Å². The van der Waals surface area contributed by atoms with Crippen molar-refractivity contribution in [3.8, 4) is 0 Å². The van der Waals surface area contributed by atoms with Crippen LogP contribution in [-0.4, -0.2) is 100 Å². The van der Waals surface area contributed by atoms with Crippen molar-refractivity contribution in [3.05, 3.63) is 36.0 Å². The van der Waals surface area contributed by atoms with Gasteiger partial charge in [-0.05, 0) is 50.2 Å². The van der Waals surface area contributed by atoms with E-state index in [4.69, 9.17) is 16.6 Å². The summed E-state index contributed by atoms with van der Waals surface area (Å²) in [6.07, 6.45) is 2.49. The van der Waals surface area contributed by atoms with Crippen LogP contribution in [0, 0.1) is 0 Å². The van der Waals surface area contributed by atoms with Crippen LogP contribution in [-0.2, 0) is 35.2 Å². The Labute approximate surface area is 269 Å². The molecule has 256 valence electrons. The molecule has 0 radical (unpaired) electrons. The first kappa shape index (κ1) is 36.3. The van der Waals surface area contributed by atoms with Crippen molar-refractivity contribution in [1.29, 1.82) is 0 Å². The van der Waals surface area contributed by atoms with Crippen molar-refractivity contribution < 1.29 is 43.1 Å². The van der Waals surface area contributed by atoms with Crippen molar-refractivity contribution in [1.82, 2.24) is 31.2 Å². The van der Waals surface area contributed by atoms with Crippen LogP contribution in [0.4, 0.5) is 9.18 Å². The molecule has 0 saturated carbocycles. The molecule has 0 aliphatic carbocycles. The van der Waals surface area contributed by atoms with E-state index in [1.165, 1.54) is 4.90 Å². The minimum Gasteiger partial charge on any atom is -0.481 e. The Balaban J connectivity index is 1.85. The highest BCUT2D eigenvalue weighted by atomic mass is 19.1. The number of halogens is 1. The molecule has 4 atom stereocenters. The van der Waals surface area contributed by atoms with Gasteiger partial charge in [0, 0.05) is 43.0 Å². The molecule has 1 aliphatic heterocycles. The Morgan fingerprint density at radius 1 is 0.979 bits per heavy atom. The highest BCUT2D eigenvalue weighted by molar-refractivity contribution is 5.96. The minimum absolute atomic E-state index is 0.00917. The number of nitrogens with two attached hydrogens (primary N) is 2. The standard InChI is InChI=1S/C30H41FN8O8/c31-15-24(40)36-21(10-11-25(41)42)29(46)39-13-4-3-9-23(39)28(45)38-22(14-17-16-35-19-7-2-1-6-18(17)19)27(44)37-20(26(32)43)8-5-12-34-30(33)47/h1-2,6-7,16,20-23,35H,3-5,8-15H2,(H2,32,43)(H,36,40)(H,37,44)(H,38,45)(H,41,42)(H3,33,34,47). The number of fused-ring (bicyclic) bond motifs is 1. The Kier molecular flexibility index (Phi) is 13.5. The van der Waals surface area contributed by atoms with Crippen LogP contribution >= 0.6 is 0 Å². The third-order valence-electron chi connectivity index (χ3n) is 7.85. The maximum absolute atomic E-state index is 13.8. The number of nitrogens with one attached hydrogen (secondary N) is 5. The third-order valence-corrected chi connectivity index (χ3v) is 7.85. The van der Waals surface area contributed by atoms with Gasteiger partial charge in [-0.15, -0.1) is 0 Å². The normalized spacial score (nSPS) is 16.4. The molecule has 1 aromatic heterocycles. The van der Waals surface area contributed by atoms with E-state index in [0.29, 0.717) is 18.4 Å². The number of carbonyl (C=O) groups excluding carboxylic acids is 6. The number of aliphatic carboxylic acids is 1. The molecule has 1 aliphatic rings. The number of primary amides is 2. The zero-order chi connectivity index (χ0) is 34.5. The molecule has 16 nitrogen and oxygen atoms in total. The molecule has 2 aromatic rings. The molecule has 17 heteroatoms. The number of amides is 7. The number of benzene rings is 1. The van der Waals surface area contributed by atoms with E-state index in [0.717, 1.165) is 10.9 Å². The number of rotatable bonds is 17.